The van der Waals surface area contributed by atoms with Crippen molar-refractivity contribution in [3.63, 3.8) is 0 Å². The summed E-state index contributed by atoms with van der Waals surface area (Å²) in [4.78, 5) is 39.9. The molecule has 0 saturated carbocycles. The van der Waals surface area contributed by atoms with Crippen LogP contribution in [-0.4, -0.2) is 24.4 Å². The molecule has 18 heavy (non-hydrogen) atoms. The molecule has 0 atom stereocenters. The Labute approximate surface area is 103 Å². The van der Waals surface area contributed by atoms with E-state index in [-0.39, 0.29) is 23.1 Å². The Kier molecular flexibility index (Phi) is 2.98. The second-order valence-corrected chi connectivity index (χ2v) is 3.74. The molecule has 9 nitrogen and oxygen atoms in total. The molecule has 0 saturated heterocycles. The number of imidazole rings is 1. The Hall–Kier alpha value is -2.42. The Morgan fingerprint density at radius 2 is 2.17 bits per heavy atom. The molecular formula is C8H6ClN5O4. The van der Waals surface area contributed by atoms with Crippen molar-refractivity contribution in [1.29, 1.82) is 0 Å². The third-order valence-electron chi connectivity index (χ3n) is 2.10. The van der Waals surface area contributed by atoms with E-state index in [0.29, 0.717) is 0 Å². The Bertz CT molecular complexity index is 715. The molecule has 0 aliphatic rings. The largest absolute Gasteiger partial charge is 0.381 e. The Morgan fingerprint density at radius 3 is 2.78 bits per heavy atom. The van der Waals surface area contributed by atoms with Gasteiger partial charge in [0.1, 0.15) is 11.2 Å². The lowest BCUT2D eigenvalue weighted by Gasteiger charge is -2.02. The summed E-state index contributed by atoms with van der Waals surface area (Å²) in [6.07, 6.45) is 2.36. The zero-order chi connectivity index (χ0) is 13.3. The van der Waals surface area contributed by atoms with Crippen LogP contribution in [0.5, 0.6) is 0 Å². The fourth-order valence-electron chi connectivity index (χ4n) is 1.34. The number of H-pyrrole nitrogens is 2. The summed E-state index contributed by atoms with van der Waals surface area (Å²) in [5, 5.41) is 10.3. The van der Waals surface area contributed by atoms with Crippen LogP contribution in [0.25, 0.3) is 0 Å². The first-order chi connectivity index (χ1) is 8.47. The highest BCUT2D eigenvalue weighted by Crippen LogP contribution is 2.10. The highest BCUT2D eigenvalue weighted by Gasteiger charge is 2.12. The second-order valence-electron chi connectivity index (χ2n) is 3.36. The lowest BCUT2D eigenvalue weighted by Crippen LogP contribution is -2.25. The zero-order valence-corrected chi connectivity index (χ0v) is 9.47. The molecule has 94 valence electrons. The third-order valence-corrected chi connectivity index (χ3v) is 2.50. The van der Waals surface area contributed by atoms with Gasteiger partial charge in [-0.3, -0.25) is 9.78 Å². The normalized spacial score (nSPS) is 10.5. The molecule has 2 aromatic rings. The molecule has 0 aliphatic carbocycles. The Balaban J connectivity index is 2.36. The van der Waals surface area contributed by atoms with E-state index < -0.39 is 16.2 Å². The first-order valence-electron chi connectivity index (χ1n) is 4.64. The van der Waals surface area contributed by atoms with E-state index in [0.717, 1.165) is 6.20 Å². The Morgan fingerprint density at radius 1 is 1.44 bits per heavy atom. The van der Waals surface area contributed by atoms with Gasteiger partial charge in [0.15, 0.2) is 0 Å². The fraction of sp³-hybridized carbons (Fsp3) is 0.125. The van der Waals surface area contributed by atoms with E-state index in [2.05, 4.69) is 9.97 Å². The van der Waals surface area contributed by atoms with Gasteiger partial charge in [-0.1, -0.05) is 11.6 Å². The molecule has 2 N–H and O–H groups in total. The van der Waals surface area contributed by atoms with Crippen molar-refractivity contribution < 1.29 is 4.92 Å². The number of nitro groups is 1. The first kappa shape index (κ1) is 12.0. The van der Waals surface area contributed by atoms with Crippen LogP contribution in [0, 0.1) is 10.1 Å². The molecule has 10 heteroatoms. The molecule has 2 aromatic heterocycles. The van der Waals surface area contributed by atoms with Gasteiger partial charge in [-0.25, -0.2) is 4.79 Å². The van der Waals surface area contributed by atoms with Gasteiger partial charge in [0.25, 0.3) is 5.56 Å². The number of hydrogen-bond acceptors (Lipinski definition) is 5. The van der Waals surface area contributed by atoms with Crippen LogP contribution >= 0.6 is 11.6 Å². The number of nitrogens with one attached hydrogen (secondary N) is 2. The van der Waals surface area contributed by atoms with Crippen molar-refractivity contribution in [3.05, 3.63) is 54.2 Å². The first-order valence-corrected chi connectivity index (χ1v) is 5.02. The van der Waals surface area contributed by atoms with Crippen molar-refractivity contribution in [2.45, 2.75) is 6.54 Å². The van der Waals surface area contributed by atoms with Crippen LogP contribution in [0.4, 0.5) is 5.82 Å². The van der Waals surface area contributed by atoms with Gasteiger partial charge in [-0.15, -0.1) is 0 Å². The smallest absolute Gasteiger partial charge is 0.358 e. The topological polar surface area (TPSA) is 127 Å². The molecule has 0 radical (unpaired) electrons. The second kappa shape index (κ2) is 4.45. The molecule has 2 heterocycles. The van der Waals surface area contributed by atoms with Gasteiger partial charge in [-0.2, -0.15) is 0 Å². The summed E-state index contributed by atoms with van der Waals surface area (Å²) in [5.74, 6) is -0.335. The van der Waals surface area contributed by atoms with Crippen molar-refractivity contribution in [2.24, 2.45) is 0 Å². The van der Waals surface area contributed by atoms with E-state index in [1.165, 1.54) is 10.9 Å². The number of nitrogens with zero attached hydrogens (tertiary/aromatic N) is 3. The van der Waals surface area contributed by atoms with Crippen LogP contribution in [0.2, 0.25) is 5.02 Å². The highest BCUT2D eigenvalue weighted by atomic mass is 35.5. The van der Waals surface area contributed by atoms with Crippen molar-refractivity contribution >= 4 is 17.4 Å². The van der Waals surface area contributed by atoms with E-state index in [9.17, 15) is 19.7 Å². The van der Waals surface area contributed by atoms with Gasteiger partial charge in [0, 0.05) is 0 Å². The summed E-state index contributed by atoms with van der Waals surface area (Å²) >= 11 is 5.70. The van der Waals surface area contributed by atoms with Gasteiger partial charge in [0.2, 0.25) is 6.33 Å². The van der Waals surface area contributed by atoms with Gasteiger partial charge in [-0.05, 0) is 9.91 Å². The molecule has 0 fully saturated rings. The zero-order valence-electron chi connectivity index (χ0n) is 8.71. The SMILES string of the molecule is O=c1[nH]c(Cn2cnc([N+](=O)[O-])c2)c(Cl)c(=O)[nH]1. The third kappa shape index (κ3) is 2.30. The molecule has 0 unspecified atom stereocenters. The maximum atomic E-state index is 11.2. The molecule has 2 rings (SSSR count). The van der Waals surface area contributed by atoms with Crippen molar-refractivity contribution in [2.75, 3.05) is 0 Å². The van der Waals surface area contributed by atoms with Crippen LogP contribution in [0.15, 0.2) is 22.1 Å². The van der Waals surface area contributed by atoms with E-state index in [1.54, 1.807) is 0 Å². The maximum absolute atomic E-state index is 11.2. The monoisotopic (exact) mass is 271 g/mol. The van der Waals surface area contributed by atoms with Crippen molar-refractivity contribution in [1.82, 2.24) is 19.5 Å². The minimum Gasteiger partial charge on any atom is -0.358 e. The minimum absolute atomic E-state index is 0.00116. The summed E-state index contributed by atoms with van der Waals surface area (Å²) in [7, 11) is 0. The van der Waals surface area contributed by atoms with Crippen molar-refractivity contribution in [3.8, 4) is 0 Å². The quantitative estimate of drug-likeness (QED) is 0.594. The predicted octanol–water partition coefficient (Wildman–Crippen LogP) is -0.130. The molecule has 0 aliphatic heterocycles. The number of halogens is 1. The van der Waals surface area contributed by atoms with E-state index in [4.69, 9.17) is 11.6 Å². The molecule has 0 amide bonds. The van der Waals surface area contributed by atoms with E-state index in [1.807, 2.05) is 4.98 Å². The lowest BCUT2D eigenvalue weighted by molar-refractivity contribution is -0.389. The minimum atomic E-state index is -0.718. The average molecular weight is 272 g/mol. The maximum Gasteiger partial charge on any atom is 0.381 e. The molecule has 0 aromatic carbocycles. The van der Waals surface area contributed by atoms with Gasteiger partial charge in [0.05, 0.1) is 12.2 Å². The predicted molar refractivity (Wildman–Crippen MR) is 60.7 cm³/mol. The standard InChI is InChI=1S/C8H6ClN5O4/c9-6-4(11-8(16)12-7(6)15)1-13-2-5(10-3-13)14(17)18/h2-3H,1H2,(H2,11,12,15,16). The van der Waals surface area contributed by atoms with Gasteiger partial charge >= 0.3 is 11.5 Å². The molecule has 0 bridgehead atoms. The van der Waals surface area contributed by atoms with E-state index >= 15 is 0 Å². The number of hydrogen-bond donors (Lipinski definition) is 2. The number of aromatic nitrogens is 4. The lowest BCUT2D eigenvalue weighted by atomic mass is 10.4. The van der Waals surface area contributed by atoms with Crippen LogP contribution in [-0.2, 0) is 6.54 Å². The average Bonchev–Trinajstić information content (AvgIpc) is 2.74. The summed E-state index contributed by atoms with van der Waals surface area (Å²) in [6, 6.07) is 0. The highest BCUT2D eigenvalue weighted by molar-refractivity contribution is 6.30. The number of rotatable bonds is 3. The van der Waals surface area contributed by atoms with Crippen LogP contribution in [0.3, 0.4) is 0 Å². The summed E-state index contributed by atoms with van der Waals surface area (Å²) in [5.41, 5.74) is -1.27. The molecule has 0 spiro atoms. The summed E-state index contributed by atoms with van der Waals surface area (Å²) < 4.78 is 1.33. The van der Waals surface area contributed by atoms with Crippen LogP contribution in [0.1, 0.15) is 5.69 Å². The van der Waals surface area contributed by atoms with Crippen LogP contribution < -0.4 is 11.2 Å². The number of aromatic amines is 2. The van der Waals surface area contributed by atoms with Gasteiger partial charge < -0.3 is 19.7 Å². The summed E-state index contributed by atoms with van der Waals surface area (Å²) in [6.45, 7) is -0.00116. The molecular weight excluding hydrogens is 266 g/mol. The fourth-order valence-corrected chi connectivity index (χ4v) is 1.49.